The van der Waals surface area contributed by atoms with Gasteiger partial charge in [-0.1, -0.05) is 18.9 Å². The highest BCUT2D eigenvalue weighted by molar-refractivity contribution is 5.41. The Bertz CT molecular complexity index is 405. The van der Waals surface area contributed by atoms with Crippen LogP contribution in [-0.2, 0) is 12.8 Å². The minimum absolute atomic E-state index is 0.190. The van der Waals surface area contributed by atoms with Crippen molar-refractivity contribution in [1.29, 1.82) is 0 Å². The molecule has 2 atom stereocenters. The Hall–Kier alpha value is -1.09. The van der Waals surface area contributed by atoms with Gasteiger partial charge < -0.3 is 10.4 Å². The molecule has 0 radical (unpaired) electrons. The fourth-order valence-corrected chi connectivity index (χ4v) is 2.97. The van der Waals surface area contributed by atoms with Crippen molar-refractivity contribution in [1.82, 2.24) is 4.98 Å². The third kappa shape index (κ3) is 2.29. The summed E-state index contributed by atoms with van der Waals surface area (Å²) < 4.78 is 0. The standard InChI is InChI=1S/C14H20N2O/c17-13-7-2-1-5-12(13)16-14-9-8-10-4-3-6-11(10)15-14/h8-9,12-13,17H,1-7H2,(H,15,16). The Morgan fingerprint density at radius 1 is 1.12 bits per heavy atom. The molecule has 1 aromatic rings. The molecule has 2 unspecified atom stereocenters. The fourth-order valence-electron chi connectivity index (χ4n) is 2.97. The van der Waals surface area contributed by atoms with Crippen LogP contribution in [-0.4, -0.2) is 22.2 Å². The molecule has 3 rings (SSSR count). The molecule has 2 aliphatic rings. The summed E-state index contributed by atoms with van der Waals surface area (Å²) >= 11 is 0. The quantitative estimate of drug-likeness (QED) is 0.822. The fraction of sp³-hybridized carbons (Fsp3) is 0.643. The van der Waals surface area contributed by atoms with E-state index in [4.69, 9.17) is 0 Å². The summed E-state index contributed by atoms with van der Waals surface area (Å²) in [5, 5.41) is 13.3. The molecular weight excluding hydrogens is 212 g/mol. The zero-order valence-electron chi connectivity index (χ0n) is 10.2. The lowest BCUT2D eigenvalue weighted by Crippen LogP contribution is -2.36. The van der Waals surface area contributed by atoms with Gasteiger partial charge in [0.15, 0.2) is 0 Å². The molecule has 92 valence electrons. The molecule has 0 bridgehead atoms. The summed E-state index contributed by atoms with van der Waals surface area (Å²) in [6.07, 6.45) is 7.64. The first-order valence-electron chi connectivity index (χ1n) is 6.76. The Morgan fingerprint density at radius 2 is 2.00 bits per heavy atom. The lowest BCUT2D eigenvalue weighted by atomic mass is 9.92. The van der Waals surface area contributed by atoms with Crippen LogP contribution in [0.25, 0.3) is 0 Å². The van der Waals surface area contributed by atoms with Crippen LogP contribution in [0.15, 0.2) is 12.1 Å². The van der Waals surface area contributed by atoms with Gasteiger partial charge >= 0.3 is 0 Å². The maximum absolute atomic E-state index is 9.93. The number of anilines is 1. The van der Waals surface area contributed by atoms with Crippen molar-refractivity contribution >= 4 is 5.82 Å². The number of nitrogens with one attached hydrogen (secondary N) is 1. The predicted octanol–water partition coefficient (Wildman–Crippen LogP) is 2.29. The number of hydrogen-bond acceptors (Lipinski definition) is 3. The first-order valence-corrected chi connectivity index (χ1v) is 6.76. The zero-order chi connectivity index (χ0) is 11.7. The third-order valence-corrected chi connectivity index (χ3v) is 3.99. The van der Waals surface area contributed by atoms with E-state index in [1.807, 2.05) is 0 Å². The molecule has 1 fully saturated rings. The van der Waals surface area contributed by atoms with Gasteiger partial charge in [0.25, 0.3) is 0 Å². The van der Waals surface area contributed by atoms with Gasteiger partial charge in [0, 0.05) is 5.69 Å². The topological polar surface area (TPSA) is 45.1 Å². The number of nitrogens with zero attached hydrogens (tertiary/aromatic N) is 1. The Kier molecular flexibility index (Phi) is 3.02. The number of rotatable bonds is 2. The third-order valence-electron chi connectivity index (χ3n) is 3.99. The van der Waals surface area contributed by atoms with E-state index in [9.17, 15) is 5.11 Å². The van der Waals surface area contributed by atoms with E-state index < -0.39 is 0 Å². The van der Waals surface area contributed by atoms with E-state index in [0.717, 1.165) is 31.5 Å². The highest BCUT2D eigenvalue weighted by atomic mass is 16.3. The molecule has 2 N–H and O–H groups in total. The normalized spacial score (nSPS) is 27.8. The zero-order valence-corrected chi connectivity index (χ0v) is 10.2. The van der Waals surface area contributed by atoms with Gasteiger partial charge in [0.2, 0.25) is 0 Å². The average molecular weight is 232 g/mol. The highest BCUT2D eigenvalue weighted by Crippen LogP contribution is 2.24. The number of aromatic nitrogens is 1. The van der Waals surface area contributed by atoms with Gasteiger partial charge in [0.1, 0.15) is 5.82 Å². The molecule has 0 amide bonds. The van der Waals surface area contributed by atoms with Crippen molar-refractivity contribution in [2.75, 3.05) is 5.32 Å². The number of aliphatic hydroxyl groups excluding tert-OH is 1. The Morgan fingerprint density at radius 3 is 2.88 bits per heavy atom. The maximum Gasteiger partial charge on any atom is 0.126 e. The Balaban J connectivity index is 1.72. The Labute approximate surface area is 102 Å². The van der Waals surface area contributed by atoms with Crippen LogP contribution >= 0.6 is 0 Å². The largest absolute Gasteiger partial charge is 0.391 e. The van der Waals surface area contributed by atoms with Crippen LogP contribution in [0.4, 0.5) is 5.82 Å². The van der Waals surface area contributed by atoms with Gasteiger partial charge in [-0.3, -0.25) is 0 Å². The van der Waals surface area contributed by atoms with Crippen molar-refractivity contribution in [3.05, 3.63) is 23.4 Å². The number of aryl methyl sites for hydroxylation is 2. The van der Waals surface area contributed by atoms with Crippen molar-refractivity contribution in [3.63, 3.8) is 0 Å². The maximum atomic E-state index is 9.93. The second kappa shape index (κ2) is 4.65. The van der Waals surface area contributed by atoms with Gasteiger partial charge in [-0.25, -0.2) is 4.98 Å². The lowest BCUT2D eigenvalue weighted by molar-refractivity contribution is 0.116. The summed E-state index contributed by atoms with van der Waals surface area (Å²) in [6.45, 7) is 0. The number of hydrogen-bond donors (Lipinski definition) is 2. The first kappa shape index (κ1) is 11.0. The second-order valence-corrected chi connectivity index (χ2v) is 5.26. The van der Waals surface area contributed by atoms with E-state index in [0.29, 0.717) is 0 Å². The van der Waals surface area contributed by atoms with E-state index in [-0.39, 0.29) is 12.1 Å². The lowest BCUT2D eigenvalue weighted by Gasteiger charge is -2.28. The second-order valence-electron chi connectivity index (χ2n) is 5.26. The van der Waals surface area contributed by atoms with Crippen molar-refractivity contribution in [2.45, 2.75) is 57.1 Å². The molecule has 0 saturated heterocycles. The van der Waals surface area contributed by atoms with Crippen molar-refractivity contribution < 1.29 is 5.11 Å². The van der Waals surface area contributed by atoms with Crippen molar-refractivity contribution in [2.24, 2.45) is 0 Å². The van der Waals surface area contributed by atoms with Gasteiger partial charge in [-0.2, -0.15) is 0 Å². The van der Waals surface area contributed by atoms with Crippen LogP contribution in [0.5, 0.6) is 0 Å². The van der Waals surface area contributed by atoms with Crippen LogP contribution in [0.1, 0.15) is 43.4 Å². The molecule has 3 heteroatoms. The van der Waals surface area contributed by atoms with E-state index in [1.165, 1.54) is 30.5 Å². The van der Waals surface area contributed by atoms with Gasteiger partial charge in [0.05, 0.1) is 12.1 Å². The molecule has 2 aliphatic carbocycles. The minimum atomic E-state index is -0.209. The van der Waals surface area contributed by atoms with Crippen LogP contribution in [0, 0.1) is 0 Å². The van der Waals surface area contributed by atoms with Crippen LogP contribution in [0.3, 0.4) is 0 Å². The molecular formula is C14H20N2O. The van der Waals surface area contributed by atoms with Crippen molar-refractivity contribution in [3.8, 4) is 0 Å². The number of aliphatic hydroxyl groups is 1. The smallest absolute Gasteiger partial charge is 0.126 e. The summed E-state index contributed by atoms with van der Waals surface area (Å²) in [5.41, 5.74) is 2.65. The van der Waals surface area contributed by atoms with Crippen LogP contribution < -0.4 is 5.32 Å². The molecule has 3 nitrogen and oxygen atoms in total. The predicted molar refractivity (Wildman–Crippen MR) is 68.1 cm³/mol. The molecule has 17 heavy (non-hydrogen) atoms. The number of pyridine rings is 1. The minimum Gasteiger partial charge on any atom is -0.391 e. The summed E-state index contributed by atoms with van der Waals surface area (Å²) in [4.78, 5) is 4.66. The van der Waals surface area contributed by atoms with E-state index in [2.05, 4.69) is 22.4 Å². The van der Waals surface area contributed by atoms with E-state index >= 15 is 0 Å². The first-order chi connectivity index (χ1) is 8.33. The highest BCUT2D eigenvalue weighted by Gasteiger charge is 2.23. The summed E-state index contributed by atoms with van der Waals surface area (Å²) in [5.74, 6) is 0.941. The summed E-state index contributed by atoms with van der Waals surface area (Å²) in [6, 6.07) is 4.44. The average Bonchev–Trinajstić information content (AvgIpc) is 2.79. The van der Waals surface area contributed by atoms with Gasteiger partial charge in [-0.15, -0.1) is 0 Å². The van der Waals surface area contributed by atoms with Crippen LogP contribution in [0.2, 0.25) is 0 Å². The molecule has 1 heterocycles. The van der Waals surface area contributed by atoms with E-state index in [1.54, 1.807) is 0 Å². The SMILES string of the molecule is OC1CCCCC1Nc1ccc2c(n1)CCC2. The summed E-state index contributed by atoms with van der Waals surface area (Å²) in [7, 11) is 0. The number of fused-ring (bicyclic) bond motifs is 1. The molecule has 0 aliphatic heterocycles. The molecule has 1 aromatic heterocycles. The van der Waals surface area contributed by atoms with Gasteiger partial charge in [-0.05, 0) is 43.7 Å². The molecule has 0 spiro atoms. The molecule has 0 aromatic carbocycles. The molecule has 1 saturated carbocycles. The monoisotopic (exact) mass is 232 g/mol.